The molecule has 0 amide bonds. The largest absolute Gasteiger partial charge is 0.390 e. The summed E-state index contributed by atoms with van der Waals surface area (Å²) in [4.78, 5) is 0. The summed E-state index contributed by atoms with van der Waals surface area (Å²) in [6.45, 7) is 9.14. The van der Waals surface area contributed by atoms with Crippen LogP contribution in [0, 0.1) is 0 Å². The number of aliphatic hydroxyl groups is 1. The molecule has 0 rings (SSSR count). The van der Waals surface area contributed by atoms with E-state index in [-0.39, 0.29) is 11.7 Å². The first-order valence-corrected chi connectivity index (χ1v) is 7.48. The summed E-state index contributed by atoms with van der Waals surface area (Å²) in [6.07, 6.45) is 8.61. The molecule has 0 spiro atoms. The molecule has 0 aliphatic heterocycles. The van der Waals surface area contributed by atoms with Gasteiger partial charge in [-0.25, -0.2) is 0 Å². The molecule has 0 radical (unpaired) electrons. The normalized spacial score (nSPS) is 13.9. The molecule has 0 heterocycles. The molecule has 2 heteroatoms. The topological polar surface area (TPSA) is 29.5 Å². The molecule has 0 aromatic rings. The number of hydrogen-bond acceptors (Lipinski definition) is 2. The SMILES string of the molecule is CCCCCCCC(O)C(CC)(CC)OCC. The van der Waals surface area contributed by atoms with E-state index < -0.39 is 0 Å². The zero-order valence-corrected chi connectivity index (χ0v) is 12.3. The standard InChI is InChI=1S/C15H32O2/c1-5-9-10-11-12-13-14(16)15(6-2,7-3)17-8-4/h14,16H,5-13H2,1-4H3. The van der Waals surface area contributed by atoms with E-state index in [1.807, 2.05) is 6.92 Å². The Hall–Kier alpha value is -0.0800. The summed E-state index contributed by atoms with van der Waals surface area (Å²) in [7, 11) is 0. The van der Waals surface area contributed by atoms with E-state index in [9.17, 15) is 5.11 Å². The second-order valence-corrected chi connectivity index (χ2v) is 4.92. The molecule has 104 valence electrons. The van der Waals surface area contributed by atoms with E-state index in [1.54, 1.807) is 0 Å². The molecule has 2 nitrogen and oxygen atoms in total. The Morgan fingerprint density at radius 1 is 0.941 bits per heavy atom. The van der Waals surface area contributed by atoms with Gasteiger partial charge >= 0.3 is 0 Å². The van der Waals surface area contributed by atoms with E-state index in [0.717, 1.165) is 25.7 Å². The molecule has 0 aliphatic rings. The minimum atomic E-state index is -0.306. The lowest BCUT2D eigenvalue weighted by Gasteiger charge is -2.36. The fraction of sp³-hybridized carbons (Fsp3) is 1.00. The molecule has 1 atom stereocenters. The molecule has 0 fully saturated rings. The van der Waals surface area contributed by atoms with Crippen molar-refractivity contribution in [3.8, 4) is 0 Å². The lowest BCUT2D eigenvalue weighted by Crippen LogP contribution is -2.44. The third-order valence-electron chi connectivity index (χ3n) is 3.82. The summed E-state index contributed by atoms with van der Waals surface area (Å²) < 4.78 is 5.82. The second kappa shape index (κ2) is 9.90. The van der Waals surface area contributed by atoms with Gasteiger partial charge in [-0.05, 0) is 26.2 Å². The lowest BCUT2D eigenvalue weighted by atomic mass is 9.87. The minimum Gasteiger partial charge on any atom is -0.390 e. The van der Waals surface area contributed by atoms with Gasteiger partial charge < -0.3 is 9.84 Å². The van der Waals surface area contributed by atoms with Crippen molar-refractivity contribution in [2.45, 2.75) is 90.8 Å². The number of unbranched alkanes of at least 4 members (excludes halogenated alkanes) is 4. The maximum atomic E-state index is 10.3. The summed E-state index contributed by atoms with van der Waals surface area (Å²) in [5, 5.41) is 10.3. The van der Waals surface area contributed by atoms with E-state index in [1.165, 1.54) is 25.7 Å². The third kappa shape index (κ3) is 5.87. The first-order chi connectivity index (χ1) is 8.16. The van der Waals surface area contributed by atoms with Crippen molar-refractivity contribution in [2.24, 2.45) is 0 Å². The van der Waals surface area contributed by atoms with Crippen LogP contribution in [0.15, 0.2) is 0 Å². The predicted octanol–water partition coefficient (Wildman–Crippen LogP) is 4.30. The highest BCUT2D eigenvalue weighted by molar-refractivity contribution is 4.86. The summed E-state index contributed by atoms with van der Waals surface area (Å²) >= 11 is 0. The Bertz CT molecular complexity index is 164. The van der Waals surface area contributed by atoms with Crippen LogP contribution < -0.4 is 0 Å². The van der Waals surface area contributed by atoms with Crippen molar-refractivity contribution in [1.82, 2.24) is 0 Å². The number of rotatable bonds is 11. The van der Waals surface area contributed by atoms with Crippen LogP contribution in [-0.2, 0) is 4.74 Å². The first kappa shape index (κ1) is 16.9. The molecule has 0 aromatic carbocycles. The molecule has 17 heavy (non-hydrogen) atoms. The monoisotopic (exact) mass is 244 g/mol. The van der Waals surface area contributed by atoms with Gasteiger partial charge in [-0.3, -0.25) is 0 Å². The number of aliphatic hydroxyl groups excluding tert-OH is 1. The van der Waals surface area contributed by atoms with Gasteiger partial charge in [0.15, 0.2) is 0 Å². The van der Waals surface area contributed by atoms with Gasteiger partial charge in [-0.1, -0.05) is 52.9 Å². The van der Waals surface area contributed by atoms with Crippen LogP contribution in [0.2, 0.25) is 0 Å². The molecule has 0 saturated heterocycles. The van der Waals surface area contributed by atoms with E-state index in [2.05, 4.69) is 20.8 Å². The fourth-order valence-corrected chi connectivity index (χ4v) is 2.51. The molecular weight excluding hydrogens is 212 g/mol. The second-order valence-electron chi connectivity index (χ2n) is 4.92. The van der Waals surface area contributed by atoms with Gasteiger partial charge in [0.05, 0.1) is 11.7 Å². The van der Waals surface area contributed by atoms with Crippen molar-refractivity contribution in [2.75, 3.05) is 6.61 Å². The lowest BCUT2D eigenvalue weighted by molar-refractivity contribution is -0.127. The number of hydrogen-bond donors (Lipinski definition) is 1. The molecule has 1 N–H and O–H groups in total. The average molecular weight is 244 g/mol. The van der Waals surface area contributed by atoms with Crippen LogP contribution >= 0.6 is 0 Å². The molecule has 1 unspecified atom stereocenters. The van der Waals surface area contributed by atoms with Gasteiger partial charge in [0.25, 0.3) is 0 Å². The summed E-state index contributed by atoms with van der Waals surface area (Å²) in [5.41, 5.74) is -0.306. The van der Waals surface area contributed by atoms with E-state index in [0.29, 0.717) is 6.61 Å². The number of ether oxygens (including phenoxy) is 1. The van der Waals surface area contributed by atoms with Crippen LogP contribution in [0.25, 0.3) is 0 Å². The zero-order valence-electron chi connectivity index (χ0n) is 12.3. The van der Waals surface area contributed by atoms with Crippen LogP contribution in [-0.4, -0.2) is 23.4 Å². The average Bonchev–Trinajstić information content (AvgIpc) is 2.35. The zero-order chi connectivity index (χ0) is 13.1. The van der Waals surface area contributed by atoms with Gasteiger partial charge in [0.1, 0.15) is 0 Å². The minimum absolute atomic E-state index is 0.306. The first-order valence-electron chi connectivity index (χ1n) is 7.48. The smallest absolute Gasteiger partial charge is 0.0934 e. The van der Waals surface area contributed by atoms with E-state index >= 15 is 0 Å². The van der Waals surface area contributed by atoms with Crippen molar-refractivity contribution < 1.29 is 9.84 Å². The quantitative estimate of drug-likeness (QED) is 0.549. The highest BCUT2D eigenvalue weighted by Gasteiger charge is 2.34. The van der Waals surface area contributed by atoms with Crippen molar-refractivity contribution in [1.29, 1.82) is 0 Å². The Kier molecular flexibility index (Phi) is 9.85. The maximum Gasteiger partial charge on any atom is 0.0934 e. The van der Waals surface area contributed by atoms with Crippen LogP contribution in [0.1, 0.15) is 79.1 Å². The van der Waals surface area contributed by atoms with Gasteiger partial charge in [0, 0.05) is 6.61 Å². The highest BCUT2D eigenvalue weighted by Crippen LogP contribution is 2.28. The summed E-state index contributed by atoms with van der Waals surface area (Å²) in [6, 6.07) is 0. The highest BCUT2D eigenvalue weighted by atomic mass is 16.5. The van der Waals surface area contributed by atoms with Crippen molar-refractivity contribution in [3.63, 3.8) is 0 Å². The van der Waals surface area contributed by atoms with Crippen LogP contribution in [0.5, 0.6) is 0 Å². The summed E-state index contributed by atoms with van der Waals surface area (Å²) in [5.74, 6) is 0. The van der Waals surface area contributed by atoms with E-state index in [4.69, 9.17) is 4.74 Å². The maximum absolute atomic E-state index is 10.3. The van der Waals surface area contributed by atoms with Crippen molar-refractivity contribution >= 4 is 0 Å². The Balaban J connectivity index is 4.01. The van der Waals surface area contributed by atoms with Gasteiger partial charge in [-0.2, -0.15) is 0 Å². The molecule has 0 aliphatic carbocycles. The third-order valence-corrected chi connectivity index (χ3v) is 3.82. The van der Waals surface area contributed by atoms with Crippen molar-refractivity contribution in [3.05, 3.63) is 0 Å². The predicted molar refractivity (Wildman–Crippen MR) is 74.3 cm³/mol. The Labute approximate surface area is 108 Å². The Morgan fingerprint density at radius 2 is 1.53 bits per heavy atom. The molecular formula is C15H32O2. The van der Waals surface area contributed by atoms with Crippen LogP contribution in [0.4, 0.5) is 0 Å². The van der Waals surface area contributed by atoms with Crippen LogP contribution in [0.3, 0.4) is 0 Å². The molecule has 0 saturated carbocycles. The van der Waals surface area contributed by atoms with Gasteiger partial charge in [0.2, 0.25) is 0 Å². The Morgan fingerprint density at radius 3 is 2.00 bits per heavy atom. The molecule has 0 aromatic heterocycles. The molecule has 0 bridgehead atoms. The fourth-order valence-electron chi connectivity index (χ4n) is 2.51. The van der Waals surface area contributed by atoms with Gasteiger partial charge in [-0.15, -0.1) is 0 Å².